The van der Waals surface area contributed by atoms with Crippen LogP contribution in [-0.4, -0.2) is 30.4 Å². The Morgan fingerprint density at radius 3 is 2.70 bits per heavy atom. The van der Waals surface area contributed by atoms with Gasteiger partial charge in [0.15, 0.2) is 0 Å². The van der Waals surface area contributed by atoms with E-state index in [0.29, 0.717) is 0 Å². The molecule has 0 radical (unpaired) electrons. The molecule has 0 saturated heterocycles. The van der Waals surface area contributed by atoms with Crippen molar-refractivity contribution >= 4 is 23.2 Å². The minimum atomic E-state index is -0.904. The van der Waals surface area contributed by atoms with E-state index in [2.05, 4.69) is 17.2 Å². The van der Waals surface area contributed by atoms with Crippen molar-refractivity contribution in [3.63, 3.8) is 0 Å². The number of benzene rings is 1. The van der Waals surface area contributed by atoms with E-state index in [1.165, 1.54) is 25.3 Å². The van der Waals surface area contributed by atoms with Gasteiger partial charge in [0, 0.05) is 12.6 Å². The second kappa shape index (κ2) is 6.88. The summed E-state index contributed by atoms with van der Waals surface area (Å²) in [6.07, 6.45) is 1.43. The van der Waals surface area contributed by atoms with Crippen molar-refractivity contribution < 1.29 is 19.2 Å². The number of rotatable bonds is 5. The van der Waals surface area contributed by atoms with Crippen LogP contribution in [0.3, 0.4) is 0 Å². The number of nitro groups is 1. The predicted octanol–water partition coefficient (Wildman–Crippen LogP) is 0.844. The lowest BCUT2D eigenvalue weighted by atomic mass is 10.2. The van der Waals surface area contributed by atoms with Gasteiger partial charge in [0.1, 0.15) is 5.75 Å². The van der Waals surface area contributed by atoms with Gasteiger partial charge in [-0.25, -0.2) is 0 Å². The Labute approximate surface area is 114 Å². The molecule has 1 aromatic carbocycles. The number of carbonyl (C=O) groups is 2. The molecule has 0 aliphatic carbocycles. The van der Waals surface area contributed by atoms with Gasteiger partial charge in [-0.15, -0.1) is 6.58 Å². The van der Waals surface area contributed by atoms with Gasteiger partial charge in [0.05, 0.1) is 23.8 Å². The van der Waals surface area contributed by atoms with Crippen LogP contribution in [0.25, 0.3) is 0 Å². The van der Waals surface area contributed by atoms with Crippen molar-refractivity contribution in [2.45, 2.75) is 0 Å². The second-order valence-electron chi connectivity index (χ2n) is 3.59. The largest absolute Gasteiger partial charge is 0.494 e. The number of hydrogen-bond acceptors (Lipinski definition) is 5. The number of anilines is 1. The standard InChI is InChI=1S/C12H13N3O5/c1-3-6-13-11(16)12(17)14-9-5-4-8(15(18)19)7-10(9)20-2/h3-5,7H,1,6H2,2H3,(H,13,16)(H,14,17). The van der Waals surface area contributed by atoms with Gasteiger partial charge in [-0.05, 0) is 6.07 Å². The van der Waals surface area contributed by atoms with Crippen molar-refractivity contribution in [1.82, 2.24) is 5.32 Å². The summed E-state index contributed by atoms with van der Waals surface area (Å²) >= 11 is 0. The van der Waals surface area contributed by atoms with Crippen LogP contribution in [0.1, 0.15) is 0 Å². The summed E-state index contributed by atoms with van der Waals surface area (Å²) < 4.78 is 4.93. The van der Waals surface area contributed by atoms with Crippen molar-refractivity contribution in [2.75, 3.05) is 19.0 Å². The highest BCUT2D eigenvalue weighted by Crippen LogP contribution is 2.28. The van der Waals surface area contributed by atoms with Crippen LogP contribution in [0, 0.1) is 10.1 Å². The number of nitrogens with one attached hydrogen (secondary N) is 2. The fourth-order valence-corrected chi connectivity index (χ4v) is 1.32. The van der Waals surface area contributed by atoms with Crippen LogP contribution in [0.5, 0.6) is 5.75 Å². The summed E-state index contributed by atoms with van der Waals surface area (Å²) in [4.78, 5) is 32.9. The third-order valence-corrected chi connectivity index (χ3v) is 2.26. The summed E-state index contributed by atoms with van der Waals surface area (Å²) in [6.45, 7) is 3.56. The van der Waals surface area contributed by atoms with Crippen LogP contribution in [-0.2, 0) is 9.59 Å². The Kier molecular flexibility index (Phi) is 5.21. The van der Waals surface area contributed by atoms with Crippen molar-refractivity contribution in [1.29, 1.82) is 0 Å². The average Bonchev–Trinajstić information content (AvgIpc) is 2.44. The van der Waals surface area contributed by atoms with E-state index in [1.54, 1.807) is 0 Å². The lowest BCUT2D eigenvalue weighted by Crippen LogP contribution is -2.35. The molecule has 1 aromatic rings. The molecule has 20 heavy (non-hydrogen) atoms. The van der Waals surface area contributed by atoms with Gasteiger partial charge >= 0.3 is 11.8 Å². The van der Waals surface area contributed by atoms with Crippen LogP contribution in [0.2, 0.25) is 0 Å². The van der Waals surface area contributed by atoms with Gasteiger partial charge in [-0.3, -0.25) is 19.7 Å². The average molecular weight is 279 g/mol. The number of hydrogen-bond donors (Lipinski definition) is 2. The maximum atomic E-state index is 11.6. The maximum Gasteiger partial charge on any atom is 0.313 e. The fraction of sp³-hybridized carbons (Fsp3) is 0.167. The molecule has 8 heteroatoms. The van der Waals surface area contributed by atoms with E-state index < -0.39 is 16.7 Å². The molecule has 0 atom stereocenters. The number of non-ortho nitro benzene ring substituents is 1. The van der Waals surface area contributed by atoms with Crippen molar-refractivity contribution in [2.24, 2.45) is 0 Å². The van der Waals surface area contributed by atoms with Crippen LogP contribution < -0.4 is 15.4 Å². The quantitative estimate of drug-likeness (QED) is 0.359. The molecular weight excluding hydrogens is 266 g/mol. The number of ether oxygens (including phenoxy) is 1. The highest BCUT2D eigenvalue weighted by molar-refractivity contribution is 6.39. The molecule has 0 saturated carbocycles. The molecule has 0 aliphatic rings. The van der Waals surface area contributed by atoms with E-state index in [0.717, 1.165) is 6.07 Å². The number of nitrogens with zero attached hydrogens (tertiary/aromatic N) is 1. The first-order valence-electron chi connectivity index (χ1n) is 5.52. The third kappa shape index (κ3) is 3.80. The number of carbonyl (C=O) groups excluding carboxylic acids is 2. The molecule has 0 unspecified atom stereocenters. The Balaban J connectivity index is 2.86. The zero-order valence-corrected chi connectivity index (χ0v) is 10.7. The zero-order valence-electron chi connectivity index (χ0n) is 10.7. The van der Waals surface area contributed by atoms with E-state index >= 15 is 0 Å². The number of nitro benzene ring substituents is 1. The highest BCUT2D eigenvalue weighted by Gasteiger charge is 2.17. The molecule has 2 amide bonds. The molecule has 0 bridgehead atoms. The van der Waals surface area contributed by atoms with Gasteiger partial charge in [-0.1, -0.05) is 6.08 Å². The van der Waals surface area contributed by atoms with Crippen LogP contribution >= 0.6 is 0 Å². The molecule has 8 nitrogen and oxygen atoms in total. The molecule has 0 heterocycles. The molecule has 1 rings (SSSR count). The maximum absolute atomic E-state index is 11.6. The van der Waals surface area contributed by atoms with Crippen LogP contribution in [0.15, 0.2) is 30.9 Å². The highest BCUT2D eigenvalue weighted by atomic mass is 16.6. The SMILES string of the molecule is C=CCNC(=O)C(=O)Nc1ccc([N+](=O)[O-])cc1OC. The lowest BCUT2D eigenvalue weighted by molar-refractivity contribution is -0.384. The van der Waals surface area contributed by atoms with Crippen molar-refractivity contribution in [3.05, 3.63) is 41.0 Å². The van der Waals surface area contributed by atoms with Gasteiger partial charge in [-0.2, -0.15) is 0 Å². The summed E-state index contributed by atoms with van der Waals surface area (Å²) in [5.41, 5.74) is -0.0205. The summed E-state index contributed by atoms with van der Waals surface area (Å²) in [7, 11) is 1.30. The predicted molar refractivity (Wildman–Crippen MR) is 71.5 cm³/mol. The van der Waals surface area contributed by atoms with Gasteiger partial charge in [0.2, 0.25) is 0 Å². The first kappa shape index (κ1) is 15.2. The monoisotopic (exact) mass is 279 g/mol. The summed E-state index contributed by atoms with van der Waals surface area (Å²) in [5.74, 6) is -1.66. The molecule has 0 aliphatic heterocycles. The van der Waals surface area contributed by atoms with Gasteiger partial charge in [0.25, 0.3) is 5.69 Å². The van der Waals surface area contributed by atoms with E-state index in [-0.39, 0.29) is 23.7 Å². The van der Waals surface area contributed by atoms with E-state index in [1.807, 2.05) is 0 Å². The Morgan fingerprint density at radius 2 is 2.15 bits per heavy atom. The zero-order chi connectivity index (χ0) is 15.1. The van der Waals surface area contributed by atoms with E-state index in [4.69, 9.17) is 4.74 Å². The third-order valence-electron chi connectivity index (χ3n) is 2.26. The first-order valence-corrected chi connectivity index (χ1v) is 5.52. The Morgan fingerprint density at radius 1 is 1.45 bits per heavy atom. The summed E-state index contributed by atoms with van der Waals surface area (Å²) in [6, 6.07) is 3.63. The minimum absolute atomic E-state index is 0.0871. The lowest BCUT2D eigenvalue weighted by Gasteiger charge is -2.09. The van der Waals surface area contributed by atoms with Gasteiger partial charge < -0.3 is 15.4 Å². The molecule has 106 valence electrons. The second-order valence-corrected chi connectivity index (χ2v) is 3.59. The molecule has 0 spiro atoms. The topological polar surface area (TPSA) is 111 Å². The molecule has 2 N–H and O–H groups in total. The summed E-state index contributed by atoms with van der Waals surface area (Å²) in [5, 5.41) is 15.2. The normalized spacial score (nSPS) is 9.45. The molecule has 0 fully saturated rings. The first-order chi connectivity index (χ1) is 9.49. The molecular formula is C12H13N3O5. The van der Waals surface area contributed by atoms with E-state index in [9.17, 15) is 19.7 Å². The fourth-order valence-electron chi connectivity index (χ4n) is 1.32. The minimum Gasteiger partial charge on any atom is -0.494 e. The number of amides is 2. The Hall–Kier alpha value is -2.90. The Bertz CT molecular complexity index is 556. The smallest absolute Gasteiger partial charge is 0.313 e. The molecule has 0 aromatic heterocycles. The van der Waals surface area contributed by atoms with Crippen LogP contribution in [0.4, 0.5) is 11.4 Å². The number of methoxy groups -OCH3 is 1. The van der Waals surface area contributed by atoms with Crippen molar-refractivity contribution in [3.8, 4) is 5.75 Å².